The third-order valence-electron chi connectivity index (χ3n) is 2.20. The summed E-state index contributed by atoms with van der Waals surface area (Å²) in [7, 11) is 0. The summed E-state index contributed by atoms with van der Waals surface area (Å²) < 4.78 is 5.32. The maximum absolute atomic E-state index is 9.60. The van der Waals surface area contributed by atoms with E-state index in [0.717, 1.165) is 29.4 Å². The van der Waals surface area contributed by atoms with Gasteiger partial charge < -0.3 is 9.52 Å². The first-order chi connectivity index (χ1) is 6.33. The largest absolute Gasteiger partial charge is 0.508 e. The standard InChI is InChI=1S/C11H12O2/c1-2-3-9-10(12)5-4-8-6-7-13-11(8)9/h4-7,12H,2-3H2,1H3. The molecule has 1 aromatic heterocycles. The van der Waals surface area contributed by atoms with Gasteiger partial charge in [0.15, 0.2) is 0 Å². The minimum atomic E-state index is 0.337. The Balaban J connectivity index is 2.66. The zero-order chi connectivity index (χ0) is 9.26. The van der Waals surface area contributed by atoms with E-state index < -0.39 is 0 Å². The molecule has 0 aliphatic carbocycles. The molecule has 2 rings (SSSR count). The van der Waals surface area contributed by atoms with E-state index in [9.17, 15) is 5.11 Å². The fourth-order valence-corrected chi connectivity index (χ4v) is 1.57. The average molecular weight is 176 g/mol. The molecular formula is C11H12O2. The first kappa shape index (κ1) is 8.17. The summed E-state index contributed by atoms with van der Waals surface area (Å²) in [5.74, 6) is 0.337. The van der Waals surface area contributed by atoms with Crippen molar-refractivity contribution in [3.8, 4) is 5.75 Å². The number of phenolic OH excluding ortho intramolecular Hbond substituents is 1. The van der Waals surface area contributed by atoms with E-state index in [1.165, 1.54) is 0 Å². The Morgan fingerprint density at radius 3 is 2.92 bits per heavy atom. The molecule has 0 spiro atoms. The van der Waals surface area contributed by atoms with E-state index in [0.29, 0.717) is 5.75 Å². The van der Waals surface area contributed by atoms with Gasteiger partial charge in [0, 0.05) is 10.9 Å². The molecule has 0 atom stereocenters. The van der Waals surface area contributed by atoms with Crippen LogP contribution in [0.1, 0.15) is 18.9 Å². The Morgan fingerprint density at radius 2 is 2.15 bits per heavy atom. The smallest absolute Gasteiger partial charge is 0.140 e. The molecule has 0 radical (unpaired) electrons. The number of hydrogen-bond acceptors (Lipinski definition) is 2. The molecule has 13 heavy (non-hydrogen) atoms. The Kier molecular flexibility index (Phi) is 1.97. The third-order valence-corrected chi connectivity index (χ3v) is 2.20. The number of phenols is 1. The lowest BCUT2D eigenvalue weighted by atomic mass is 10.1. The van der Waals surface area contributed by atoms with E-state index in [4.69, 9.17) is 4.42 Å². The lowest BCUT2D eigenvalue weighted by Gasteiger charge is -2.02. The number of hydrogen-bond donors (Lipinski definition) is 1. The van der Waals surface area contributed by atoms with Crippen molar-refractivity contribution in [3.05, 3.63) is 30.0 Å². The summed E-state index contributed by atoms with van der Waals surface area (Å²) in [6.07, 6.45) is 3.52. The highest BCUT2D eigenvalue weighted by molar-refractivity contribution is 5.82. The van der Waals surface area contributed by atoms with Gasteiger partial charge in [-0.3, -0.25) is 0 Å². The van der Waals surface area contributed by atoms with E-state index in [2.05, 4.69) is 6.92 Å². The van der Waals surface area contributed by atoms with Crippen LogP contribution in [0.5, 0.6) is 5.75 Å². The molecule has 68 valence electrons. The molecule has 0 saturated heterocycles. The van der Waals surface area contributed by atoms with Crippen LogP contribution in [0, 0.1) is 0 Å². The second kappa shape index (κ2) is 3.13. The maximum Gasteiger partial charge on any atom is 0.140 e. The molecule has 2 aromatic rings. The number of aryl methyl sites for hydroxylation is 1. The van der Waals surface area contributed by atoms with Gasteiger partial charge in [-0.05, 0) is 24.6 Å². The van der Waals surface area contributed by atoms with Crippen molar-refractivity contribution in [3.63, 3.8) is 0 Å². The monoisotopic (exact) mass is 176 g/mol. The van der Waals surface area contributed by atoms with Crippen LogP contribution in [0.4, 0.5) is 0 Å². The molecule has 0 saturated carbocycles. The minimum Gasteiger partial charge on any atom is -0.508 e. The second-order valence-corrected chi connectivity index (χ2v) is 3.15. The molecule has 2 heteroatoms. The Morgan fingerprint density at radius 1 is 1.31 bits per heavy atom. The maximum atomic E-state index is 9.60. The van der Waals surface area contributed by atoms with Crippen molar-refractivity contribution in [1.82, 2.24) is 0 Å². The third kappa shape index (κ3) is 1.28. The molecule has 0 unspecified atom stereocenters. The molecule has 0 aliphatic rings. The summed E-state index contributed by atoms with van der Waals surface area (Å²) in [5, 5.41) is 10.7. The number of rotatable bonds is 2. The minimum absolute atomic E-state index is 0.337. The summed E-state index contributed by atoms with van der Waals surface area (Å²) in [6.45, 7) is 2.08. The first-order valence-electron chi connectivity index (χ1n) is 4.51. The van der Waals surface area contributed by atoms with Crippen molar-refractivity contribution in [2.24, 2.45) is 0 Å². The van der Waals surface area contributed by atoms with Gasteiger partial charge in [0.05, 0.1) is 6.26 Å². The van der Waals surface area contributed by atoms with Crippen molar-refractivity contribution in [2.45, 2.75) is 19.8 Å². The molecule has 0 amide bonds. The van der Waals surface area contributed by atoms with Crippen molar-refractivity contribution in [1.29, 1.82) is 0 Å². The number of aromatic hydroxyl groups is 1. The van der Waals surface area contributed by atoms with Crippen LogP contribution in [-0.4, -0.2) is 5.11 Å². The predicted octanol–water partition coefficient (Wildman–Crippen LogP) is 3.09. The van der Waals surface area contributed by atoms with E-state index >= 15 is 0 Å². The topological polar surface area (TPSA) is 33.4 Å². The molecule has 0 aliphatic heterocycles. The molecule has 2 nitrogen and oxygen atoms in total. The fourth-order valence-electron chi connectivity index (χ4n) is 1.57. The van der Waals surface area contributed by atoms with Gasteiger partial charge >= 0.3 is 0 Å². The van der Waals surface area contributed by atoms with Crippen LogP contribution in [0.3, 0.4) is 0 Å². The number of fused-ring (bicyclic) bond motifs is 1. The number of furan rings is 1. The summed E-state index contributed by atoms with van der Waals surface area (Å²) in [4.78, 5) is 0. The van der Waals surface area contributed by atoms with Crippen molar-refractivity contribution in [2.75, 3.05) is 0 Å². The van der Waals surface area contributed by atoms with Crippen LogP contribution in [0.25, 0.3) is 11.0 Å². The SMILES string of the molecule is CCCc1c(O)ccc2ccoc12. The van der Waals surface area contributed by atoms with Gasteiger partial charge in [0.1, 0.15) is 11.3 Å². The Labute approximate surface area is 76.8 Å². The van der Waals surface area contributed by atoms with Crippen molar-refractivity contribution < 1.29 is 9.52 Å². The number of benzene rings is 1. The molecule has 1 heterocycles. The van der Waals surface area contributed by atoms with E-state index in [-0.39, 0.29) is 0 Å². The van der Waals surface area contributed by atoms with Gasteiger partial charge in [0.25, 0.3) is 0 Å². The fraction of sp³-hybridized carbons (Fsp3) is 0.273. The lowest BCUT2D eigenvalue weighted by molar-refractivity contribution is 0.466. The van der Waals surface area contributed by atoms with Crippen LogP contribution in [0.15, 0.2) is 28.9 Å². The highest BCUT2D eigenvalue weighted by Gasteiger charge is 2.07. The van der Waals surface area contributed by atoms with Crippen LogP contribution in [0.2, 0.25) is 0 Å². The van der Waals surface area contributed by atoms with Crippen molar-refractivity contribution >= 4 is 11.0 Å². The molecule has 1 N–H and O–H groups in total. The molecular weight excluding hydrogens is 164 g/mol. The second-order valence-electron chi connectivity index (χ2n) is 3.15. The van der Waals surface area contributed by atoms with Crippen LogP contribution in [-0.2, 0) is 6.42 Å². The van der Waals surface area contributed by atoms with Gasteiger partial charge in [0.2, 0.25) is 0 Å². The molecule has 0 fully saturated rings. The summed E-state index contributed by atoms with van der Waals surface area (Å²) in [6, 6.07) is 5.50. The summed E-state index contributed by atoms with van der Waals surface area (Å²) in [5.41, 5.74) is 1.74. The van der Waals surface area contributed by atoms with Crippen LogP contribution < -0.4 is 0 Å². The summed E-state index contributed by atoms with van der Waals surface area (Å²) >= 11 is 0. The van der Waals surface area contributed by atoms with Crippen LogP contribution >= 0.6 is 0 Å². The van der Waals surface area contributed by atoms with E-state index in [1.807, 2.05) is 12.1 Å². The molecule has 1 aromatic carbocycles. The average Bonchev–Trinajstić information content (AvgIpc) is 2.58. The van der Waals surface area contributed by atoms with Gasteiger partial charge in [-0.15, -0.1) is 0 Å². The van der Waals surface area contributed by atoms with E-state index in [1.54, 1.807) is 12.3 Å². The lowest BCUT2D eigenvalue weighted by Crippen LogP contribution is -1.84. The molecule has 0 bridgehead atoms. The zero-order valence-corrected chi connectivity index (χ0v) is 7.58. The van der Waals surface area contributed by atoms with Gasteiger partial charge in [-0.25, -0.2) is 0 Å². The highest BCUT2D eigenvalue weighted by atomic mass is 16.3. The van der Waals surface area contributed by atoms with Gasteiger partial charge in [-0.2, -0.15) is 0 Å². The predicted molar refractivity (Wildman–Crippen MR) is 51.9 cm³/mol. The normalized spacial score (nSPS) is 10.8. The quantitative estimate of drug-likeness (QED) is 0.762. The zero-order valence-electron chi connectivity index (χ0n) is 7.58. The Hall–Kier alpha value is -1.44. The van der Waals surface area contributed by atoms with Gasteiger partial charge in [-0.1, -0.05) is 13.3 Å². The Bertz CT molecular complexity index is 415. The highest BCUT2D eigenvalue weighted by Crippen LogP contribution is 2.28. The first-order valence-corrected chi connectivity index (χ1v) is 4.51.